The predicted octanol–water partition coefficient (Wildman–Crippen LogP) is 1.27. The third-order valence-electron chi connectivity index (χ3n) is 3.36. The minimum Gasteiger partial charge on any atom is -0.497 e. The van der Waals surface area contributed by atoms with Crippen LogP contribution in [0.15, 0.2) is 24.3 Å². The number of hydrogen-bond acceptors (Lipinski definition) is 7. The SMILES string of the molecule is COc1ccc(C2SC(=O)N[C@@H]2C(=O)N[C@@H](C)CO[N+](=O)[O-])cc1. The molecule has 2 amide bonds. The van der Waals surface area contributed by atoms with E-state index in [1.807, 2.05) is 0 Å². The molecule has 1 heterocycles. The summed E-state index contributed by atoms with van der Waals surface area (Å²) < 4.78 is 5.09. The number of nitrogens with one attached hydrogen (secondary N) is 2. The van der Waals surface area contributed by atoms with Crippen molar-refractivity contribution in [1.29, 1.82) is 0 Å². The Labute approximate surface area is 142 Å². The van der Waals surface area contributed by atoms with E-state index in [1.54, 1.807) is 38.3 Å². The second-order valence-corrected chi connectivity index (χ2v) is 6.26. The summed E-state index contributed by atoms with van der Waals surface area (Å²) in [7, 11) is 1.55. The molecule has 3 atom stereocenters. The summed E-state index contributed by atoms with van der Waals surface area (Å²) in [5, 5.41) is 13.8. The first-order valence-corrected chi connectivity index (χ1v) is 7.97. The number of benzene rings is 1. The minimum atomic E-state index is -0.921. The molecule has 0 bridgehead atoms. The van der Waals surface area contributed by atoms with Crippen LogP contribution in [-0.4, -0.2) is 42.0 Å². The quantitative estimate of drug-likeness (QED) is 0.558. The van der Waals surface area contributed by atoms with Crippen LogP contribution in [0.2, 0.25) is 0 Å². The molecular formula is C14H17N3O6S. The lowest BCUT2D eigenvalue weighted by Gasteiger charge is -2.20. The second kappa shape index (κ2) is 7.86. The van der Waals surface area contributed by atoms with E-state index in [4.69, 9.17) is 4.74 Å². The highest BCUT2D eigenvalue weighted by molar-refractivity contribution is 8.14. The summed E-state index contributed by atoms with van der Waals surface area (Å²) in [6.07, 6.45) is 0. The molecule has 2 rings (SSSR count). The van der Waals surface area contributed by atoms with Gasteiger partial charge in [-0.15, -0.1) is 10.1 Å². The van der Waals surface area contributed by atoms with Crippen molar-refractivity contribution >= 4 is 22.9 Å². The van der Waals surface area contributed by atoms with Gasteiger partial charge in [0.05, 0.1) is 12.4 Å². The highest BCUT2D eigenvalue weighted by Gasteiger charge is 2.39. The summed E-state index contributed by atoms with van der Waals surface area (Å²) in [6.45, 7) is 1.31. The number of amides is 2. The highest BCUT2D eigenvalue weighted by atomic mass is 32.2. The number of carbonyl (C=O) groups excluding carboxylic acids is 2. The van der Waals surface area contributed by atoms with Gasteiger partial charge in [0, 0.05) is 6.04 Å². The first kappa shape index (κ1) is 17.9. The number of nitrogens with zero attached hydrogens (tertiary/aromatic N) is 1. The zero-order valence-electron chi connectivity index (χ0n) is 13.1. The van der Waals surface area contributed by atoms with Crippen LogP contribution in [0.3, 0.4) is 0 Å². The van der Waals surface area contributed by atoms with Gasteiger partial charge in [-0.05, 0) is 24.6 Å². The lowest BCUT2D eigenvalue weighted by atomic mass is 10.0. The van der Waals surface area contributed by atoms with Crippen LogP contribution in [0.25, 0.3) is 0 Å². The molecule has 1 unspecified atom stereocenters. The third-order valence-corrected chi connectivity index (χ3v) is 4.49. The monoisotopic (exact) mass is 355 g/mol. The van der Waals surface area contributed by atoms with Crippen LogP contribution >= 0.6 is 11.8 Å². The molecule has 0 radical (unpaired) electrons. The standard InChI is InChI=1S/C14H17N3O6S/c1-8(7-23-17(20)21)15-13(18)11-12(24-14(19)16-11)9-3-5-10(22-2)6-4-9/h3-6,8,11-12H,7H2,1-2H3,(H,15,18)(H,16,19)/t8-,11-,12?/m0/s1. The molecule has 1 fully saturated rings. The molecule has 1 saturated heterocycles. The van der Waals surface area contributed by atoms with Gasteiger partial charge in [-0.2, -0.15) is 0 Å². The van der Waals surface area contributed by atoms with E-state index in [1.165, 1.54) is 0 Å². The number of methoxy groups -OCH3 is 1. The fraction of sp³-hybridized carbons (Fsp3) is 0.429. The maximum absolute atomic E-state index is 12.4. The Hall–Kier alpha value is -2.49. The molecule has 1 aliphatic rings. The predicted molar refractivity (Wildman–Crippen MR) is 86.2 cm³/mol. The molecule has 2 N–H and O–H groups in total. The van der Waals surface area contributed by atoms with Crippen molar-refractivity contribution in [2.75, 3.05) is 13.7 Å². The molecule has 24 heavy (non-hydrogen) atoms. The van der Waals surface area contributed by atoms with Gasteiger partial charge in [0.15, 0.2) is 0 Å². The van der Waals surface area contributed by atoms with Gasteiger partial charge in [0.2, 0.25) is 5.91 Å². The van der Waals surface area contributed by atoms with Gasteiger partial charge in [-0.25, -0.2) is 0 Å². The molecule has 130 valence electrons. The lowest BCUT2D eigenvalue weighted by molar-refractivity contribution is -0.758. The largest absolute Gasteiger partial charge is 0.497 e. The Balaban J connectivity index is 2.04. The maximum Gasteiger partial charge on any atom is 0.294 e. The van der Waals surface area contributed by atoms with Crippen molar-refractivity contribution in [1.82, 2.24) is 10.6 Å². The van der Waals surface area contributed by atoms with Gasteiger partial charge in [-0.1, -0.05) is 23.9 Å². The van der Waals surface area contributed by atoms with Gasteiger partial charge in [0.25, 0.3) is 10.3 Å². The fourth-order valence-corrected chi connectivity index (χ4v) is 3.27. The highest BCUT2D eigenvalue weighted by Crippen LogP contribution is 2.38. The van der Waals surface area contributed by atoms with Crippen LogP contribution in [0, 0.1) is 10.1 Å². The molecule has 0 spiro atoms. The normalized spacial score (nSPS) is 20.8. The Morgan fingerprint density at radius 1 is 1.46 bits per heavy atom. The van der Waals surface area contributed by atoms with Gasteiger partial charge in [0.1, 0.15) is 18.4 Å². The van der Waals surface area contributed by atoms with Crippen molar-refractivity contribution in [2.45, 2.75) is 24.3 Å². The van der Waals surface area contributed by atoms with Crippen LogP contribution in [0.4, 0.5) is 4.79 Å². The Morgan fingerprint density at radius 2 is 2.12 bits per heavy atom. The molecule has 1 aliphatic heterocycles. The third kappa shape index (κ3) is 4.51. The first-order valence-electron chi connectivity index (χ1n) is 7.09. The molecule has 0 aliphatic carbocycles. The first-order chi connectivity index (χ1) is 11.4. The van der Waals surface area contributed by atoms with E-state index >= 15 is 0 Å². The Bertz CT molecular complexity index is 623. The zero-order valence-corrected chi connectivity index (χ0v) is 13.9. The smallest absolute Gasteiger partial charge is 0.294 e. The molecule has 10 heteroatoms. The maximum atomic E-state index is 12.4. The second-order valence-electron chi connectivity index (χ2n) is 5.15. The molecule has 0 aromatic heterocycles. The number of ether oxygens (including phenoxy) is 1. The van der Waals surface area contributed by atoms with Gasteiger partial charge >= 0.3 is 0 Å². The fourth-order valence-electron chi connectivity index (χ4n) is 2.22. The van der Waals surface area contributed by atoms with Gasteiger partial charge in [-0.3, -0.25) is 9.59 Å². The zero-order chi connectivity index (χ0) is 17.7. The average molecular weight is 355 g/mol. The van der Waals surface area contributed by atoms with Crippen molar-refractivity contribution in [3.05, 3.63) is 39.9 Å². The van der Waals surface area contributed by atoms with E-state index in [0.717, 1.165) is 17.3 Å². The number of hydrogen-bond donors (Lipinski definition) is 2. The number of rotatable bonds is 7. The summed E-state index contributed by atoms with van der Waals surface area (Å²) in [6, 6.07) is 5.74. The van der Waals surface area contributed by atoms with Crippen molar-refractivity contribution in [2.24, 2.45) is 0 Å². The lowest BCUT2D eigenvalue weighted by Crippen LogP contribution is -2.48. The van der Waals surface area contributed by atoms with E-state index in [0.29, 0.717) is 5.75 Å². The molecule has 1 aromatic carbocycles. The Kier molecular flexibility index (Phi) is 5.85. The topological polar surface area (TPSA) is 120 Å². The average Bonchev–Trinajstić information content (AvgIpc) is 2.95. The van der Waals surface area contributed by atoms with Crippen LogP contribution in [0.5, 0.6) is 5.75 Å². The number of thioether (sulfide) groups is 1. The molecule has 1 aromatic rings. The van der Waals surface area contributed by atoms with Crippen molar-refractivity contribution in [3.63, 3.8) is 0 Å². The van der Waals surface area contributed by atoms with Crippen LogP contribution < -0.4 is 15.4 Å². The minimum absolute atomic E-state index is 0.264. The molecule has 0 saturated carbocycles. The van der Waals surface area contributed by atoms with E-state index < -0.39 is 28.3 Å². The summed E-state index contributed by atoms with van der Waals surface area (Å²) >= 11 is 1.02. The van der Waals surface area contributed by atoms with Crippen molar-refractivity contribution < 1.29 is 24.3 Å². The van der Waals surface area contributed by atoms with E-state index in [-0.39, 0.29) is 11.8 Å². The van der Waals surface area contributed by atoms with Crippen molar-refractivity contribution in [3.8, 4) is 5.75 Å². The molecule has 9 nitrogen and oxygen atoms in total. The summed E-state index contributed by atoms with van der Waals surface area (Å²) in [5.41, 5.74) is 0.800. The van der Waals surface area contributed by atoms with E-state index in [9.17, 15) is 19.7 Å². The Morgan fingerprint density at radius 3 is 2.71 bits per heavy atom. The summed E-state index contributed by atoms with van der Waals surface area (Å²) in [5.74, 6) is 0.251. The molecular weight excluding hydrogens is 338 g/mol. The number of carbonyl (C=O) groups is 2. The van der Waals surface area contributed by atoms with Crippen LogP contribution in [0.1, 0.15) is 17.7 Å². The van der Waals surface area contributed by atoms with E-state index in [2.05, 4.69) is 15.5 Å². The summed E-state index contributed by atoms with van der Waals surface area (Å²) in [4.78, 5) is 38.5. The van der Waals surface area contributed by atoms with Crippen LogP contribution in [-0.2, 0) is 9.63 Å². The van der Waals surface area contributed by atoms with Gasteiger partial charge < -0.3 is 20.2 Å².